The van der Waals surface area contributed by atoms with Gasteiger partial charge in [-0.3, -0.25) is 4.68 Å². The minimum Gasteiger partial charge on any atom is -0.250 e. The van der Waals surface area contributed by atoms with Crippen molar-refractivity contribution < 1.29 is 0 Å². The van der Waals surface area contributed by atoms with Gasteiger partial charge in [-0.05, 0) is 24.7 Å². The number of halogens is 1. The molecule has 0 N–H and O–H groups in total. The largest absolute Gasteiger partial charge is 0.250 e. The van der Waals surface area contributed by atoms with Gasteiger partial charge in [0.15, 0.2) is 0 Å². The first-order valence-electron chi connectivity index (χ1n) is 6.46. The van der Waals surface area contributed by atoms with Crippen LogP contribution in [0.15, 0.2) is 6.33 Å². The second kappa shape index (κ2) is 6.53. The number of aromatic nitrogens is 3. The van der Waals surface area contributed by atoms with Crippen LogP contribution in [0.2, 0.25) is 0 Å². The number of hydrogen-bond donors (Lipinski definition) is 0. The Hall–Kier alpha value is -0.380. The second-order valence-corrected chi connectivity index (χ2v) is 6.73. The van der Waals surface area contributed by atoms with Crippen molar-refractivity contribution in [1.29, 1.82) is 0 Å². The van der Waals surface area contributed by atoms with Crippen LogP contribution in [-0.2, 0) is 13.0 Å². The Morgan fingerprint density at radius 2 is 2.12 bits per heavy atom. The quantitative estimate of drug-likeness (QED) is 0.748. The zero-order valence-electron chi connectivity index (χ0n) is 11.4. The van der Waals surface area contributed by atoms with E-state index in [1.165, 1.54) is 6.42 Å². The lowest BCUT2D eigenvalue weighted by atomic mass is 9.89. The van der Waals surface area contributed by atoms with Crippen molar-refractivity contribution in [2.45, 2.75) is 64.8 Å². The van der Waals surface area contributed by atoms with Gasteiger partial charge in [-0.15, -0.1) is 0 Å². The van der Waals surface area contributed by atoms with Gasteiger partial charge in [-0.1, -0.05) is 43.6 Å². The molecule has 0 aliphatic carbocycles. The molecule has 0 aliphatic heterocycles. The Morgan fingerprint density at radius 1 is 1.41 bits per heavy atom. The van der Waals surface area contributed by atoms with Gasteiger partial charge in [0.1, 0.15) is 12.2 Å². The predicted octanol–water partition coefficient (Wildman–Crippen LogP) is 3.82. The second-order valence-electron chi connectivity index (χ2n) is 5.63. The monoisotopic (exact) mass is 301 g/mol. The summed E-state index contributed by atoms with van der Waals surface area (Å²) in [5, 5.41) is 4.25. The summed E-state index contributed by atoms with van der Waals surface area (Å²) in [4.78, 5) is 4.90. The first-order valence-corrected chi connectivity index (χ1v) is 7.37. The van der Waals surface area contributed by atoms with E-state index in [0.29, 0.717) is 10.2 Å². The van der Waals surface area contributed by atoms with E-state index in [1.807, 2.05) is 4.68 Å². The predicted molar refractivity (Wildman–Crippen MR) is 75.4 cm³/mol. The minimum atomic E-state index is 0.330. The smallest absolute Gasteiger partial charge is 0.138 e. The van der Waals surface area contributed by atoms with Gasteiger partial charge in [0.2, 0.25) is 0 Å². The van der Waals surface area contributed by atoms with E-state index in [0.717, 1.165) is 31.6 Å². The molecule has 0 radical (unpaired) electrons. The Labute approximate surface area is 113 Å². The summed E-state index contributed by atoms with van der Waals surface area (Å²) in [6, 6.07) is 0. The molecule has 1 heterocycles. The number of rotatable bonds is 6. The Bertz CT molecular complexity index is 328. The van der Waals surface area contributed by atoms with E-state index in [-0.39, 0.29) is 0 Å². The van der Waals surface area contributed by atoms with Gasteiger partial charge in [0, 0.05) is 17.8 Å². The molecule has 1 rings (SSSR count). The number of aryl methyl sites for hydroxylation is 2. The van der Waals surface area contributed by atoms with Crippen LogP contribution >= 0.6 is 15.9 Å². The van der Waals surface area contributed by atoms with Crippen LogP contribution in [0.4, 0.5) is 0 Å². The van der Waals surface area contributed by atoms with E-state index in [1.54, 1.807) is 6.33 Å². The van der Waals surface area contributed by atoms with Crippen LogP contribution in [0.25, 0.3) is 0 Å². The minimum absolute atomic E-state index is 0.330. The molecule has 98 valence electrons. The van der Waals surface area contributed by atoms with E-state index in [2.05, 4.69) is 53.7 Å². The van der Waals surface area contributed by atoms with Crippen molar-refractivity contribution in [2.75, 3.05) is 0 Å². The summed E-state index contributed by atoms with van der Waals surface area (Å²) < 4.78 is 2.03. The highest BCUT2D eigenvalue weighted by atomic mass is 79.9. The molecular formula is C13H24BrN3. The zero-order valence-corrected chi connectivity index (χ0v) is 13.0. The summed E-state index contributed by atoms with van der Waals surface area (Å²) in [6.07, 6.45) is 6.15. The summed E-state index contributed by atoms with van der Waals surface area (Å²) in [6.45, 7) is 9.95. The van der Waals surface area contributed by atoms with E-state index < -0.39 is 0 Å². The molecule has 1 aromatic heterocycles. The molecule has 0 spiro atoms. The van der Waals surface area contributed by atoms with Crippen molar-refractivity contribution in [2.24, 2.45) is 5.41 Å². The van der Waals surface area contributed by atoms with Crippen molar-refractivity contribution in [3.05, 3.63) is 12.2 Å². The fourth-order valence-corrected chi connectivity index (χ4v) is 2.08. The highest BCUT2D eigenvalue weighted by molar-refractivity contribution is 9.09. The molecule has 1 atom stereocenters. The van der Waals surface area contributed by atoms with Crippen LogP contribution in [0.1, 0.15) is 52.8 Å². The molecule has 0 saturated carbocycles. The van der Waals surface area contributed by atoms with Gasteiger partial charge >= 0.3 is 0 Å². The first-order chi connectivity index (χ1) is 7.95. The molecule has 0 fully saturated rings. The topological polar surface area (TPSA) is 30.7 Å². The zero-order chi connectivity index (χ0) is 12.9. The lowest BCUT2D eigenvalue weighted by molar-refractivity contribution is 0.378. The van der Waals surface area contributed by atoms with Crippen LogP contribution in [0.3, 0.4) is 0 Å². The first kappa shape index (κ1) is 14.7. The molecule has 1 aromatic rings. The Morgan fingerprint density at radius 3 is 2.71 bits per heavy atom. The lowest BCUT2D eigenvalue weighted by Crippen LogP contribution is -2.20. The van der Waals surface area contributed by atoms with Gasteiger partial charge in [-0.2, -0.15) is 5.10 Å². The highest BCUT2D eigenvalue weighted by Crippen LogP contribution is 2.29. The molecular weight excluding hydrogens is 278 g/mol. The van der Waals surface area contributed by atoms with Crippen molar-refractivity contribution in [1.82, 2.24) is 14.8 Å². The van der Waals surface area contributed by atoms with Gasteiger partial charge in [0.05, 0.1) is 0 Å². The third-order valence-corrected chi connectivity index (χ3v) is 4.76. The Kier molecular flexibility index (Phi) is 5.63. The summed E-state index contributed by atoms with van der Waals surface area (Å²) in [5.41, 5.74) is 0.330. The van der Waals surface area contributed by atoms with Crippen LogP contribution < -0.4 is 0 Å². The molecule has 1 unspecified atom stereocenters. The molecule has 4 heteroatoms. The third kappa shape index (κ3) is 4.78. The van der Waals surface area contributed by atoms with Crippen LogP contribution in [0.5, 0.6) is 0 Å². The van der Waals surface area contributed by atoms with Crippen molar-refractivity contribution >= 4 is 15.9 Å². The van der Waals surface area contributed by atoms with Gasteiger partial charge < -0.3 is 0 Å². The molecule has 0 saturated heterocycles. The maximum atomic E-state index is 4.33. The molecule has 0 bridgehead atoms. The summed E-state index contributed by atoms with van der Waals surface area (Å²) in [7, 11) is 0. The number of alkyl halides is 1. The summed E-state index contributed by atoms with van der Waals surface area (Å²) >= 11 is 3.77. The lowest BCUT2D eigenvalue weighted by Gasteiger charge is -2.25. The normalized spacial score (nSPS) is 13.9. The molecule has 3 nitrogen and oxygen atoms in total. The molecule has 0 amide bonds. The number of hydrogen-bond acceptors (Lipinski definition) is 2. The van der Waals surface area contributed by atoms with Crippen molar-refractivity contribution in [3.8, 4) is 0 Å². The maximum Gasteiger partial charge on any atom is 0.138 e. The fraction of sp³-hybridized carbons (Fsp3) is 0.846. The fourth-order valence-electron chi connectivity index (χ4n) is 1.75. The third-order valence-electron chi connectivity index (χ3n) is 2.93. The summed E-state index contributed by atoms with van der Waals surface area (Å²) in [5.74, 6) is 1.13. The average molecular weight is 302 g/mol. The Balaban J connectivity index is 2.38. The van der Waals surface area contributed by atoms with Crippen LogP contribution in [-0.4, -0.2) is 19.6 Å². The molecule has 0 aliphatic rings. The number of nitrogens with zero attached hydrogens (tertiary/aromatic N) is 3. The van der Waals surface area contributed by atoms with E-state index in [9.17, 15) is 0 Å². The maximum absolute atomic E-state index is 4.33. The SMILES string of the molecule is CCCn1ncnc1CCCC(Br)C(C)(C)C. The van der Waals surface area contributed by atoms with E-state index >= 15 is 0 Å². The van der Waals surface area contributed by atoms with Gasteiger partial charge in [-0.25, -0.2) is 4.98 Å². The average Bonchev–Trinajstić information content (AvgIpc) is 2.65. The van der Waals surface area contributed by atoms with Gasteiger partial charge in [0.25, 0.3) is 0 Å². The standard InChI is InChI=1S/C13H24BrN3/c1-5-9-17-12(15-10-16-17)8-6-7-11(14)13(2,3)4/h10-11H,5-9H2,1-4H3. The molecule has 17 heavy (non-hydrogen) atoms. The van der Waals surface area contributed by atoms with Crippen LogP contribution in [0, 0.1) is 5.41 Å². The molecule has 0 aromatic carbocycles. The highest BCUT2D eigenvalue weighted by Gasteiger charge is 2.21. The van der Waals surface area contributed by atoms with E-state index in [4.69, 9.17) is 0 Å². The van der Waals surface area contributed by atoms with Crippen molar-refractivity contribution in [3.63, 3.8) is 0 Å².